The van der Waals surface area contributed by atoms with Crippen LogP contribution >= 0.6 is 11.6 Å². The van der Waals surface area contributed by atoms with Gasteiger partial charge in [0.1, 0.15) is 5.82 Å². The predicted octanol–water partition coefficient (Wildman–Crippen LogP) is 2.36. The fourth-order valence-electron chi connectivity index (χ4n) is 1.98. The molecule has 1 fully saturated rings. The van der Waals surface area contributed by atoms with Gasteiger partial charge in [0.05, 0.1) is 0 Å². The van der Waals surface area contributed by atoms with E-state index >= 15 is 0 Å². The Balaban J connectivity index is 1.93. The fraction of sp³-hybridized carbons (Fsp3) is 0.636. The normalized spacial score (nSPS) is 19.4. The van der Waals surface area contributed by atoms with Crippen LogP contribution < -0.4 is 5.32 Å². The van der Waals surface area contributed by atoms with E-state index in [1.807, 2.05) is 6.07 Å². The number of halogens is 1. The van der Waals surface area contributed by atoms with E-state index < -0.39 is 0 Å². The van der Waals surface area contributed by atoms with Crippen molar-refractivity contribution in [1.82, 2.24) is 9.97 Å². The molecule has 88 valence electrons. The first kappa shape index (κ1) is 11.6. The summed E-state index contributed by atoms with van der Waals surface area (Å²) in [6.45, 7) is 3.90. The first-order chi connectivity index (χ1) is 7.75. The number of nitrogens with zero attached hydrogens (tertiary/aromatic N) is 2. The lowest BCUT2D eigenvalue weighted by atomic mass is 9.93. The molecule has 16 heavy (non-hydrogen) atoms. The van der Waals surface area contributed by atoms with Crippen LogP contribution in [-0.4, -0.2) is 29.2 Å². The topological polar surface area (TPSA) is 47.0 Å². The highest BCUT2D eigenvalue weighted by Crippen LogP contribution is 2.21. The van der Waals surface area contributed by atoms with E-state index in [2.05, 4.69) is 22.2 Å². The van der Waals surface area contributed by atoms with Gasteiger partial charge in [0, 0.05) is 25.5 Å². The molecule has 4 nitrogen and oxygen atoms in total. The number of ether oxygens (including phenoxy) is 1. The van der Waals surface area contributed by atoms with Gasteiger partial charge < -0.3 is 10.1 Å². The molecule has 0 amide bonds. The summed E-state index contributed by atoms with van der Waals surface area (Å²) in [5, 5.41) is 3.64. The molecule has 1 aromatic rings. The van der Waals surface area contributed by atoms with Crippen molar-refractivity contribution in [3.63, 3.8) is 0 Å². The Bertz CT molecular complexity index is 342. The maximum atomic E-state index is 5.73. The number of hydrogen-bond donors (Lipinski definition) is 1. The summed E-state index contributed by atoms with van der Waals surface area (Å²) in [6.07, 6.45) is 3.87. The SMILES string of the molecule is CC(Nc1ccnc(Cl)n1)C1CCOCC1. The summed E-state index contributed by atoms with van der Waals surface area (Å²) in [5.41, 5.74) is 0. The van der Waals surface area contributed by atoms with Crippen LogP contribution in [-0.2, 0) is 4.74 Å². The molecule has 0 bridgehead atoms. The third-order valence-corrected chi connectivity index (χ3v) is 3.16. The summed E-state index contributed by atoms with van der Waals surface area (Å²) >= 11 is 5.73. The lowest BCUT2D eigenvalue weighted by Crippen LogP contribution is -2.31. The Morgan fingerprint density at radius 3 is 2.94 bits per heavy atom. The van der Waals surface area contributed by atoms with E-state index in [9.17, 15) is 0 Å². The van der Waals surface area contributed by atoms with Crippen molar-refractivity contribution in [2.24, 2.45) is 5.92 Å². The Labute approximate surface area is 100 Å². The van der Waals surface area contributed by atoms with E-state index in [1.165, 1.54) is 0 Å². The van der Waals surface area contributed by atoms with Crippen LogP contribution in [0.15, 0.2) is 12.3 Å². The molecular weight excluding hydrogens is 226 g/mol. The largest absolute Gasteiger partial charge is 0.381 e. The minimum Gasteiger partial charge on any atom is -0.381 e. The van der Waals surface area contributed by atoms with Gasteiger partial charge in [0.25, 0.3) is 0 Å². The highest BCUT2D eigenvalue weighted by atomic mass is 35.5. The molecule has 1 saturated heterocycles. The zero-order valence-corrected chi connectivity index (χ0v) is 10.1. The van der Waals surface area contributed by atoms with E-state index in [4.69, 9.17) is 16.3 Å². The number of hydrogen-bond acceptors (Lipinski definition) is 4. The van der Waals surface area contributed by atoms with Crippen molar-refractivity contribution < 1.29 is 4.74 Å². The van der Waals surface area contributed by atoms with Crippen LogP contribution in [0.1, 0.15) is 19.8 Å². The summed E-state index contributed by atoms with van der Waals surface area (Å²) in [7, 11) is 0. The van der Waals surface area contributed by atoms with E-state index in [0.29, 0.717) is 12.0 Å². The second kappa shape index (κ2) is 5.46. The molecule has 0 spiro atoms. The van der Waals surface area contributed by atoms with Crippen LogP contribution in [0.25, 0.3) is 0 Å². The zero-order chi connectivity index (χ0) is 11.4. The summed E-state index contributed by atoms with van der Waals surface area (Å²) in [4.78, 5) is 7.97. The van der Waals surface area contributed by atoms with Crippen molar-refractivity contribution >= 4 is 17.4 Å². The molecule has 1 aromatic heterocycles. The van der Waals surface area contributed by atoms with Gasteiger partial charge in [0.15, 0.2) is 0 Å². The van der Waals surface area contributed by atoms with Crippen LogP contribution in [0.2, 0.25) is 5.28 Å². The van der Waals surface area contributed by atoms with Gasteiger partial charge in [-0.1, -0.05) is 0 Å². The molecule has 0 radical (unpaired) electrons. The van der Waals surface area contributed by atoms with Crippen molar-refractivity contribution in [1.29, 1.82) is 0 Å². The van der Waals surface area contributed by atoms with Crippen molar-refractivity contribution in [2.45, 2.75) is 25.8 Å². The van der Waals surface area contributed by atoms with Gasteiger partial charge in [-0.3, -0.25) is 0 Å². The molecule has 1 atom stereocenters. The van der Waals surface area contributed by atoms with E-state index in [-0.39, 0.29) is 5.28 Å². The lowest BCUT2D eigenvalue weighted by Gasteiger charge is -2.28. The highest BCUT2D eigenvalue weighted by molar-refractivity contribution is 6.28. The van der Waals surface area contributed by atoms with Gasteiger partial charge >= 0.3 is 0 Å². The number of nitrogens with one attached hydrogen (secondary N) is 1. The second-order valence-electron chi connectivity index (χ2n) is 4.09. The first-order valence-corrected chi connectivity index (χ1v) is 5.96. The minimum atomic E-state index is 0.282. The zero-order valence-electron chi connectivity index (χ0n) is 9.32. The number of aromatic nitrogens is 2. The maximum Gasteiger partial charge on any atom is 0.224 e. The van der Waals surface area contributed by atoms with Gasteiger partial charge in [-0.15, -0.1) is 0 Å². The van der Waals surface area contributed by atoms with Gasteiger partial charge in [0.2, 0.25) is 5.28 Å². The maximum absolute atomic E-state index is 5.73. The number of rotatable bonds is 3. The molecule has 1 aliphatic rings. The number of anilines is 1. The van der Waals surface area contributed by atoms with E-state index in [0.717, 1.165) is 31.9 Å². The molecule has 2 rings (SSSR count). The van der Waals surface area contributed by atoms with Gasteiger partial charge in [-0.25, -0.2) is 9.97 Å². The van der Waals surface area contributed by atoms with Crippen LogP contribution in [0.4, 0.5) is 5.82 Å². The monoisotopic (exact) mass is 241 g/mol. The van der Waals surface area contributed by atoms with Crippen molar-refractivity contribution in [2.75, 3.05) is 18.5 Å². The molecule has 2 heterocycles. The fourth-order valence-corrected chi connectivity index (χ4v) is 2.13. The lowest BCUT2D eigenvalue weighted by molar-refractivity contribution is 0.0622. The molecule has 0 aromatic carbocycles. The third-order valence-electron chi connectivity index (χ3n) is 2.97. The molecule has 5 heteroatoms. The summed E-state index contributed by atoms with van der Waals surface area (Å²) in [5.74, 6) is 1.43. The van der Waals surface area contributed by atoms with E-state index in [1.54, 1.807) is 6.20 Å². The minimum absolute atomic E-state index is 0.282. The quantitative estimate of drug-likeness (QED) is 0.826. The second-order valence-corrected chi connectivity index (χ2v) is 4.43. The average molecular weight is 242 g/mol. The Hall–Kier alpha value is -0.870. The third kappa shape index (κ3) is 3.06. The Morgan fingerprint density at radius 1 is 1.50 bits per heavy atom. The van der Waals surface area contributed by atoms with Gasteiger partial charge in [-0.05, 0) is 43.4 Å². The molecular formula is C11H16ClN3O. The molecule has 1 N–H and O–H groups in total. The molecule has 0 saturated carbocycles. The van der Waals surface area contributed by atoms with Crippen molar-refractivity contribution in [3.8, 4) is 0 Å². The van der Waals surface area contributed by atoms with Gasteiger partial charge in [-0.2, -0.15) is 0 Å². The Morgan fingerprint density at radius 2 is 2.25 bits per heavy atom. The molecule has 1 unspecified atom stereocenters. The van der Waals surface area contributed by atoms with Crippen LogP contribution in [0, 0.1) is 5.92 Å². The molecule has 1 aliphatic heterocycles. The van der Waals surface area contributed by atoms with Crippen LogP contribution in [0.5, 0.6) is 0 Å². The highest BCUT2D eigenvalue weighted by Gasteiger charge is 2.20. The standard InChI is InChI=1S/C11H16ClN3O/c1-8(9-3-6-16-7-4-9)14-10-2-5-13-11(12)15-10/h2,5,8-9H,3-4,6-7H2,1H3,(H,13,14,15). The average Bonchev–Trinajstić information content (AvgIpc) is 2.30. The predicted molar refractivity (Wildman–Crippen MR) is 63.7 cm³/mol. The summed E-state index contributed by atoms with van der Waals surface area (Å²) < 4.78 is 5.34. The summed E-state index contributed by atoms with van der Waals surface area (Å²) in [6, 6.07) is 2.22. The molecule has 0 aliphatic carbocycles. The first-order valence-electron chi connectivity index (χ1n) is 5.58. The smallest absolute Gasteiger partial charge is 0.224 e. The Kier molecular flexibility index (Phi) is 3.96. The van der Waals surface area contributed by atoms with Crippen molar-refractivity contribution in [3.05, 3.63) is 17.5 Å². The van der Waals surface area contributed by atoms with Crippen LogP contribution in [0.3, 0.4) is 0 Å².